The molecular weight excluding hydrogens is 232 g/mol. The smallest absolute Gasteiger partial charge is 0.0991 e. The predicted octanol–water partition coefficient (Wildman–Crippen LogP) is 3.72. The van der Waals surface area contributed by atoms with Crippen LogP contribution >= 0.6 is 0 Å². The molecule has 2 aromatic carbocycles. The number of aryl methyl sites for hydroxylation is 1. The molecule has 0 bridgehead atoms. The first-order chi connectivity index (χ1) is 9.20. The molecule has 1 N–H and O–H groups in total. The number of benzene rings is 2. The van der Waals surface area contributed by atoms with E-state index >= 15 is 0 Å². The van der Waals surface area contributed by atoms with Crippen LogP contribution in [0.1, 0.15) is 35.2 Å². The van der Waals surface area contributed by atoms with Crippen LogP contribution in [0, 0.1) is 18.3 Å². The van der Waals surface area contributed by atoms with Crippen molar-refractivity contribution in [2.45, 2.75) is 26.4 Å². The summed E-state index contributed by atoms with van der Waals surface area (Å²) < 4.78 is 0. The number of hydrogen-bond donors (Lipinski definition) is 1. The highest BCUT2D eigenvalue weighted by Gasteiger charge is 2.06. The van der Waals surface area contributed by atoms with E-state index in [-0.39, 0.29) is 0 Å². The van der Waals surface area contributed by atoms with Gasteiger partial charge in [0.2, 0.25) is 0 Å². The zero-order chi connectivity index (χ0) is 13.7. The second kappa shape index (κ2) is 6.17. The van der Waals surface area contributed by atoms with Crippen molar-refractivity contribution in [2.24, 2.45) is 0 Å². The molecule has 2 rings (SSSR count). The van der Waals surface area contributed by atoms with Crippen LogP contribution in [0.3, 0.4) is 0 Å². The van der Waals surface area contributed by atoms with Crippen molar-refractivity contribution in [1.82, 2.24) is 5.32 Å². The highest BCUT2D eigenvalue weighted by Crippen LogP contribution is 2.17. The maximum absolute atomic E-state index is 8.76. The van der Waals surface area contributed by atoms with Gasteiger partial charge in [-0.2, -0.15) is 5.26 Å². The van der Waals surface area contributed by atoms with Gasteiger partial charge in [-0.3, -0.25) is 0 Å². The van der Waals surface area contributed by atoms with Gasteiger partial charge in [0.25, 0.3) is 0 Å². The first kappa shape index (κ1) is 13.3. The molecule has 1 atom stereocenters. The molecule has 19 heavy (non-hydrogen) atoms. The van der Waals surface area contributed by atoms with E-state index < -0.39 is 0 Å². The fraction of sp³-hybridized carbons (Fsp3) is 0.235. The molecule has 0 spiro atoms. The first-order valence-corrected chi connectivity index (χ1v) is 6.48. The molecular formula is C17H18N2. The molecule has 0 saturated heterocycles. The summed E-state index contributed by atoms with van der Waals surface area (Å²) in [5.41, 5.74) is 4.54. The van der Waals surface area contributed by atoms with Gasteiger partial charge in [-0.25, -0.2) is 0 Å². The lowest BCUT2D eigenvalue weighted by atomic mass is 10.0. The van der Waals surface area contributed by atoms with Gasteiger partial charge in [-0.05, 0) is 42.7 Å². The highest BCUT2D eigenvalue weighted by atomic mass is 14.9. The van der Waals surface area contributed by atoms with E-state index in [0.29, 0.717) is 11.6 Å². The van der Waals surface area contributed by atoms with E-state index in [1.165, 1.54) is 16.7 Å². The SMILES string of the molecule is Cc1ccccc1C(C)NCc1ccc(C#N)cc1. The minimum absolute atomic E-state index is 0.317. The van der Waals surface area contributed by atoms with Crippen LogP contribution in [0.5, 0.6) is 0 Å². The lowest BCUT2D eigenvalue weighted by Crippen LogP contribution is -2.18. The van der Waals surface area contributed by atoms with Crippen molar-refractivity contribution in [1.29, 1.82) is 5.26 Å². The van der Waals surface area contributed by atoms with E-state index in [1.54, 1.807) is 0 Å². The molecule has 0 aliphatic heterocycles. The molecule has 96 valence electrons. The lowest BCUT2D eigenvalue weighted by molar-refractivity contribution is 0.572. The topological polar surface area (TPSA) is 35.8 Å². The largest absolute Gasteiger partial charge is 0.306 e. The Bertz CT molecular complexity index is 579. The minimum Gasteiger partial charge on any atom is -0.306 e. The van der Waals surface area contributed by atoms with Gasteiger partial charge in [-0.15, -0.1) is 0 Å². The Labute approximate surface area is 114 Å². The second-order valence-corrected chi connectivity index (χ2v) is 4.77. The van der Waals surface area contributed by atoms with Crippen LogP contribution < -0.4 is 5.32 Å². The summed E-state index contributed by atoms with van der Waals surface area (Å²) in [5, 5.41) is 12.3. The van der Waals surface area contributed by atoms with Crippen molar-refractivity contribution < 1.29 is 0 Å². The highest BCUT2D eigenvalue weighted by molar-refractivity contribution is 5.32. The number of nitriles is 1. The van der Waals surface area contributed by atoms with E-state index in [0.717, 1.165) is 6.54 Å². The molecule has 0 radical (unpaired) electrons. The van der Waals surface area contributed by atoms with Gasteiger partial charge < -0.3 is 5.32 Å². The number of hydrogen-bond acceptors (Lipinski definition) is 2. The predicted molar refractivity (Wildman–Crippen MR) is 77.6 cm³/mol. The Morgan fingerprint density at radius 2 is 1.79 bits per heavy atom. The van der Waals surface area contributed by atoms with Crippen molar-refractivity contribution in [2.75, 3.05) is 0 Å². The van der Waals surface area contributed by atoms with E-state index in [2.05, 4.69) is 49.5 Å². The third kappa shape index (κ3) is 3.43. The van der Waals surface area contributed by atoms with Gasteiger partial charge in [-0.1, -0.05) is 36.4 Å². The summed E-state index contributed by atoms with van der Waals surface area (Å²) in [5.74, 6) is 0. The third-order valence-corrected chi connectivity index (χ3v) is 3.35. The molecule has 0 saturated carbocycles. The fourth-order valence-electron chi connectivity index (χ4n) is 2.15. The molecule has 0 amide bonds. The Morgan fingerprint density at radius 1 is 1.11 bits per heavy atom. The molecule has 2 aromatic rings. The van der Waals surface area contributed by atoms with Crippen molar-refractivity contribution in [3.8, 4) is 6.07 Å². The Balaban J connectivity index is 1.98. The maximum Gasteiger partial charge on any atom is 0.0991 e. The quantitative estimate of drug-likeness (QED) is 0.897. The molecule has 0 heterocycles. The normalized spacial score (nSPS) is 11.8. The summed E-state index contributed by atoms with van der Waals surface area (Å²) in [6.45, 7) is 5.11. The summed E-state index contributed by atoms with van der Waals surface area (Å²) >= 11 is 0. The van der Waals surface area contributed by atoms with Crippen molar-refractivity contribution in [3.63, 3.8) is 0 Å². The summed E-state index contributed by atoms with van der Waals surface area (Å²) in [4.78, 5) is 0. The molecule has 0 aliphatic carbocycles. The average Bonchev–Trinajstić information content (AvgIpc) is 2.46. The fourth-order valence-corrected chi connectivity index (χ4v) is 2.15. The first-order valence-electron chi connectivity index (χ1n) is 6.48. The Hall–Kier alpha value is -2.11. The van der Waals surface area contributed by atoms with E-state index in [1.807, 2.05) is 24.3 Å². The summed E-state index contributed by atoms with van der Waals surface area (Å²) in [6.07, 6.45) is 0. The molecule has 2 nitrogen and oxygen atoms in total. The van der Waals surface area contributed by atoms with Gasteiger partial charge in [0, 0.05) is 12.6 Å². The summed E-state index contributed by atoms with van der Waals surface area (Å²) in [6, 6.07) is 18.6. The molecule has 0 fully saturated rings. The number of rotatable bonds is 4. The average molecular weight is 250 g/mol. The Morgan fingerprint density at radius 3 is 2.42 bits per heavy atom. The molecule has 0 aliphatic rings. The Kier molecular flexibility index (Phi) is 4.33. The van der Waals surface area contributed by atoms with Gasteiger partial charge >= 0.3 is 0 Å². The zero-order valence-corrected chi connectivity index (χ0v) is 11.4. The van der Waals surface area contributed by atoms with Gasteiger partial charge in [0.1, 0.15) is 0 Å². The second-order valence-electron chi connectivity index (χ2n) is 4.77. The summed E-state index contributed by atoms with van der Waals surface area (Å²) in [7, 11) is 0. The van der Waals surface area contributed by atoms with Gasteiger partial charge in [0.15, 0.2) is 0 Å². The monoisotopic (exact) mass is 250 g/mol. The van der Waals surface area contributed by atoms with Crippen molar-refractivity contribution in [3.05, 3.63) is 70.8 Å². The zero-order valence-electron chi connectivity index (χ0n) is 11.4. The van der Waals surface area contributed by atoms with Gasteiger partial charge in [0.05, 0.1) is 11.6 Å². The third-order valence-electron chi connectivity index (χ3n) is 3.35. The van der Waals surface area contributed by atoms with E-state index in [9.17, 15) is 0 Å². The van der Waals surface area contributed by atoms with E-state index in [4.69, 9.17) is 5.26 Å². The molecule has 1 unspecified atom stereocenters. The molecule has 0 aromatic heterocycles. The molecule has 2 heteroatoms. The number of nitrogens with zero attached hydrogens (tertiary/aromatic N) is 1. The number of nitrogens with one attached hydrogen (secondary N) is 1. The van der Waals surface area contributed by atoms with Crippen LogP contribution in [0.15, 0.2) is 48.5 Å². The van der Waals surface area contributed by atoms with Crippen LogP contribution in [-0.2, 0) is 6.54 Å². The lowest BCUT2D eigenvalue weighted by Gasteiger charge is -2.16. The van der Waals surface area contributed by atoms with Crippen LogP contribution in [0.4, 0.5) is 0 Å². The maximum atomic E-state index is 8.76. The van der Waals surface area contributed by atoms with Crippen LogP contribution in [0.25, 0.3) is 0 Å². The van der Waals surface area contributed by atoms with Crippen LogP contribution in [-0.4, -0.2) is 0 Å². The minimum atomic E-state index is 0.317. The van der Waals surface area contributed by atoms with Crippen molar-refractivity contribution >= 4 is 0 Å². The standard InChI is InChI=1S/C17H18N2/c1-13-5-3-4-6-17(13)14(2)19-12-16-9-7-15(11-18)8-10-16/h3-10,14,19H,12H2,1-2H3. The van der Waals surface area contributed by atoms with Crippen LogP contribution in [0.2, 0.25) is 0 Å².